The summed E-state index contributed by atoms with van der Waals surface area (Å²) in [5.74, 6) is -0.0715. The molecule has 3 aromatic rings. The van der Waals surface area contributed by atoms with E-state index in [1.165, 1.54) is 37.6 Å². The van der Waals surface area contributed by atoms with Crippen molar-refractivity contribution >= 4 is 29.1 Å². The third kappa shape index (κ3) is 4.71. The number of carbonyl (C=O) groups is 1. The lowest BCUT2D eigenvalue weighted by Gasteiger charge is -2.13. The van der Waals surface area contributed by atoms with Crippen molar-refractivity contribution in [2.45, 2.75) is 6.54 Å². The quantitative estimate of drug-likeness (QED) is 0.590. The maximum Gasteiger partial charge on any atom is 0.257 e. The van der Waals surface area contributed by atoms with Gasteiger partial charge in [-0.25, -0.2) is 9.37 Å². The van der Waals surface area contributed by atoms with E-state index in [1.54, 1.807) is 24.3 Å². The van der Waals surface area contributed by atoms with Crippen molar-refractivity contribution in [3.05, 3.63) is 81.7 Å². The molecule has 144 valence electrons. The first-order valence-electron chi connectivity index (χ1n) is 8.16. The Balaban J connectivity index is 1.80. The highest BCUT2D eigenvalue weighted by Crippen LogP contribution is 2.32. The second-order valence-electron chi connectivity index (χ2n) is 5.67. The zero-order valence-electron chi connectivity index (χ0n) is 14.7. The van der Waals surface area contributed by atoms with Gasteiger partial charge in [-0.1, -0.05) is 23.2 Å². The highest BCUT2D eigenvalue weighted by atomic mass is 35.5. The summed E-state index contributed by atoms with van der Waals surface area (Å²) in [6.45, 7) is 0.0615. The van der Waals surface area contributed by atoms with Gasteiger partial charge in [0, 0.05) is 29.4 Å². The summed E-state index contributed by atoms with van der Waals surface area (Å²) in [6.07, 6.45) is 1.49. The van der Waals surface area contributed by atoms with Crippen LogP contribution in [0.25, 0.3) is 0 Å². The Kier molecular flexibility index (Phi) is 6.34. The van der Waals surface area contributed by atoms with Crippen molar-refractivity contribution in [1.29, 1.82) is 0 Å². The van der Waals surface area contributed by atoms with Gasteiger partial charge in [-0.15, -0.1) is 0 Å². The number of hydrogen-bond donors (Lipinski definition) is 1. The summed E-state index contributed by atoms with van der Waals surface area (Å²) in [6, 6.07) is 12.0. The molecule has 28 heavy (non-hydrogen) atoms. The number of carbonyl (C=O) groups excluding carboxylic acids is 1. The van der Waals surface area contributed by atoms with Crippen LogP contribution in [0.5, 0.6) is 17.4 Å². The summed E-state index contributed by atoms with van der Waals surface area (Å²) in [4.78, 5) is 16.7. The smallest absolute Gasteiger partial charge is 0.257 e. The molecule has 1 amide bonds. The molecule has 0 saturated carbocycles. The molecule has 0 radical (unpaired) electrons. The number of benzene rings is 2. The Labute approximate surface area is 171 Å². The molecule has 0 saturated heterocycles. The van der Waals surface area contributed by atoms with Crippen molar-refractivity contribution in [3.8, 4) is 17.4 Å². The molecule has 0 spiro atoms. The molecule has 1 aromatic heterocycles. The molecule has 0 bridgehead atoms. The topological polar surface area (TPSA) is 60.5 Å². The number of hydrogen-bond acceptors (Lipinski definition) is 4. The SMILES string of the molecule is COc1ccc(F)cc1CNC(=O)c1cccnc1Oc1cc(Cl)ccc1Cl. The fraction of sp³-hybridized carbons (Fsp3) is 0.100. The van der Waals surface area contributed by atoms with E-state index in [0.29, 0.717) is 21.4 Å². The largest absolute Gasteiger partial charge is 0.496 e. The zero-order valence-corrected chi connectivity index (χ0v) is 16.2. The number of pyridine rings is 1. The van der Waals surface area contributed by atoms with Crippen LogP contribution in [0, 0.1) is 5.82 Å². The lowest BCUT2D eigenvalue weighted by molar-refractivity contribution is 0.0947. The lowest BCUT2D eigenvalue weighted by atomic mass is 10.2. The first-order valence-corrected chi connectivity index (χ1v) is 8.92. The van der Waals surface area contributed by atoms with E-state index in [1.807, 2.05) is 0 Å². The number of nitrogens with one attached hydrogen (secondary N) is 1. The second kappa shape index (κ2) is 8.91. The van der Waals surface area contributed by atoms with Crippen LogP contribution in [0.1, 0.15) is 15.9 Å². The van der Waals surface area contributed by atoms with E-state index in [2.05, 4.69) is 10.3 Å². The predicted octanol–water partition coefficient (Wildman–Crippen LogP) is 5.26. The van der Waals surface area contributed by atoms with E-state index < -0.39 is 11.7 Å². The molecular formula is C20H15Cl2FN2O3. The van der Waals surface area contributed by atoms with Crippen LogP contribution >= 0.6 is 23.2 Å². The number of ether oxygens (including phenoxy) is 2. The Morgan fingerprint density at radius 1 is 1.14 bits per heavy atom. The minimum Gasteiger partial charge on any atom is -0.496 e. The number of nitrogens with zero attached hydrogens (tertiary/aromatic N) is 1. The summed E-state index contributed by atoms with van der Waals surface area (Å²) < 4.78 is 24.4. The van der Waals surface area contributed by atoms with Crippen molar-refractivity contribution in [2.75, 3.05) is 7.11 Å². The normalized spacial score (nSPS) is 10.4. The monoisotopic (exact) mass is 420 g/mol. The molecule has 0 atom stereocenters. The first-order chi connectivity index (χ1) is 13.5. The van der Waals surface area contributed by atoms with Crippen molar-refractivity contribution in [3.63, 3.8) is 0 Å². The third-order valence-electron chi connectivity index (χ3n) is 3.80. The molecule has 1 N–H and O–H groups in total. The molecule has 0 aliphatic carbocycles. The number of aromatic nitrogens is 1. The van der Waals surface area contributed by atoms with Crippen LogP contribution in [0.4, 0.5) is 4.39 Å². The van der Waals surface area contributed by atoms with Gasteiger partial charge in [0.2, 0.25) is 5.88 Å². The molecule has 0 aliphatic rings. The van der Waals surface area contributed by atoms with Crippen LogP contribution in [0.3, 0.4) is 0 Å². The van der Waals surface area contributed by atoms with E-state index >= 15 is 0 Å². The fourth-order valence-corrected chi connectivity index (χ4v) is 2.78. The maximum absolute atomic E-state index is 13.5. The van der Waals surface area contributed by atoms with Gasteiger partial charge in [0.05, 0.1) is 12.1 Å². The molecule has 0 aliphatic heterocycles. The van der Waals surface area contributed by atoms with E-state index in [0.717, 1.165) is 0 Å². The molecular weight excluding hydrogens is 406 g/mol. The Morgan fingerprint density at radius 3 is 2.75 bits per heavy atom. The van der Waals surface area contributed by atoms with Crippen LogP contribution in [-0.2, 0) is 6.54 Å². The lowest BCUT2D eigenvalue weighted by Crippen LogP contribution is -2.24. The van der Waals surface area contributed by atoms with Gasteiger partial charge in [0.1, 0.15) is 22.9 Å². The second-order valence-corrected chi connectivity index (χ2v) is 6.52. The molecule has 1 heterocycles. The standard InChI is InChI=1S/C20H15Cl2FN2O3/c1-27-17-7-5-14(23)9-12(17)11-25-19(26)15-3-2-8-24-20(15)28-18-10-13(21)4-6-16(18)22/h2-10H,11H2,1H3,(H,25,26). The van der Waals surface area contributed by atoms with Gasteiger partial charge < -0.3 is 14.8 Å². The molecule has 0 fully saturated rings. The van der Waals surface area contributed by atoms with Crippen molar-refractivity contribution in [1.82, 2.24) is 10.3 Å². The molecule has 2 aromatic carbocycles. The maximum atomic E-state index is 13.5. The first kappa shape index (κ1) is 19.9. The van der Waals surface area contributed by atoms with Crippen LogP contribution < -0.4 is 14.8 Å². The van der Waals surface area contributed by atoms with Crippen molar-refractivity contribution < 1.29 is 18.7 Å². The Bertz CT molecular complexity index is 1010. The predicted molar refractivity (Wildman–Crippen MR) is 105 cm³/mol. The van der Waals surface area contributed by atoms with Crippen LogP contribution in [-0.4, -0.2) is 18.0 Å². The van der Waals surface area contributed by atoms with Crippen LogP contribution in [0.2, 0.25) is 10.0 Å². The highest BCUT2D eigenvalue weighted by molar-refractivity contribution is 6.34. The number of halogens is 3. The average Bonchev–Trinajstić information content (AvgIpc) is 2.69. The van der Waals surface area contributed by atoms with E-state index in [9.17, 15) is 9.18 Å². The minimum atomic E-state index is -0.451. The van der Waals surface area contributed by atoms with Gasteiger partial charge >= 0.3 is 0 Å². The third-order valence-corrected chi connectivity index (χ3v) is 4.34. The van der Waals surface area contributed by atoms with Gasteiger partial charge in [-0.3, -0.25) is 4.79 Å². The summed E-state index contributed by atoms with van der Waals surface area (Å²) in [7, 11) is 1.47. The highest BCUT2D eigenvalue weighted by Gasteiger charge is 2.16. The average molecular weight is 421 g/mol. The van der Waals surface area contributed by atoms with Gasteiger partial charge in [-0.05, 0) is 42.5 Å². The van der Waals surface area contributed by atoms with Gasteiger partial charge in [0.15, 0.2) is 0 Å². The summed E-state index contributed by atoms with van der Waals surface area (Å²) in [5, 5.41) is 3.46. The minimum absolute atomic E-state index is 0.0615. The Morgan fingerprint density at radius 2 is 1.96 bits per heavy atom. The number of amides is 1. The number of rotatable bonds is 6. The number of methoxy groups -OCH3 is 1. The zero-order chi connectivity index (χ0) is 20.1. The summed E-state index contributed by atoms with van der Waals surface area (Å²) in [5.41, 5.74) is 0.689. The molecule has 8 heteroatoms. The molecule has 0 unspecified atom stereocenters. The van der Waals surface area contributed by atoms with Crippen molar-refractivity contribution in [2.24, 2.45) is 0 Å². The summed E-state index contributed by atoms with van der Waals surface area (Å²) >= 11 is 12.1. The van der Waals surface area contributed by atoms with E-state index in [4.69, 9.17) is 32.7 Å². The van der Waals surface area contributed by atoms with Gasteiger partial charge in [0.25, 0.3) is 5.91 Å². The van der Waals surface area contributed by atoms with Gasteiger partial charge in [-0.2, -0.15) is 0 Å². The Hall–Kier alpha value is -2.83. The molecule has 5 nitrogen and oxygen atoms in total. The molecule has 3 rings (SSSR count). The van der Waals surface area contributed by atoms with E-state index in [-0.39, 0.29) is 23.7 Å². The van der Waals surface area contributed by atoms with Crippen LogP contribution in [0.15, 0.2) is 54.7 Å². The fourth-order valence-electron chi connectivity index (χ4n) is 2.46.